The summed E-state index contributed by atoms with van der Waals surface area (Å²) in [6.45, 7) is 4.43. The molecule has 1 amide bonds. The van der Waals surface area contributed by atoms with Gasteiger partial charge in [-0.2, -0.15) is 5.10 Å². The van der Waals surface area contributed by atoms with E-state index in [0.29, 0.717) is 12.4 Å². The van der Waals surface area contributed by atoms with E-state index in [1.54, 1.807) is 11.9 Å². The van der Waals surface area contributed by atoms with Crippen LogP contribution in [0.3, 0.4) is 0 Å². The van der Waals surface area contributed by atoms with Crippen LogP contribution in [0, 0.1) is 0 Å². The number of likely N-dealkylation sites (N-methyl/N-ethyl adjacent to an activating group) is 1. The molecule has 0 saturated heterocycles. The molecular weight excluding hydrogens is 194 g/mol. The van der Waals surface area contributed by atoms with Crippen molar-refractivity contribution in [1.29, 1.82) is 0 Å². The Morgan fingerprint density at radius 1 is 1.67 bits per heavy atom. The van der Waals surface area contributed by atoms with Crippen LogP contribution < -0.4 is 5.73 Å². The number of hydrogen-bond acceptors (Lipinski definition) is 4. The first-order valence-corrected chi connectivity index (χ1v) is 4.88. The monoisotopic (exact) mass is 211 g/mol. The number of amides is 1. The lowest BCUT2D eigenvalue weighted by Gasteiger charge is -2.21. The predicted octanol–water partition coefficient (Wildman–Crippen LogP) is -0.396. The minimum absolute atomic E-state index is 0.0125. The zero-order chi connectivity index (χ0) is 11.4. The fourth-order valence-electron chi connectivity index (χ4n) is 1.04. The summed E-state index contributed by atoms with van der Waals surface area (Å²) in [6, 6.07) is 0.190. The van der Waals surface area contributed by atoms with Crippen molar-refractivity contribution in [2.45, 2.75) is 33.0 Å². The van der Waals surface area contributed by atoms with E-state index in [1.165, 1.54) is 11.0 Å². The Bertz CT molecular complexity index is 333. The zero-order valence-electron chi connectivity index (χ0n) is 9.34. The largest absolute Gasteiger partial charge is 0.342 e. The van der Waals surface area contributed by atoms with Crippen molar-refractivity contribution in [3.05, 3.63) is 12.2 Å². The van der Waals surface area contributed by atoms with E-state index in [1.807, 2.05) is 13.8 Å². The Labute approximate surface area is 89.1 Å². The fourth-order valence-corrected chi connectivity index (χ4v) is 1.04. The number of hydrogen-bond donors (Lipinski definition) is 1. The number of rotatable bonds is 4. The molecule has 1 rings (SSSR count). The quantitative estimate of drug-likeness (QED) is 0.735. The summed E-state index contributed by atoms with van der Waals surface area (Å²) in [5, 5.41) is 4.04. The number of carbonyl (C=O) groups excluding carboxylic acids is 1. The molecule has 0 saturated carbocycles. The molecule has 84 valence electrons. The average molecular weight is 211 g/mol. The minimum atomic E-state index is 0.0125. The SMILES string of the molecule is CC(C)N(C)C(=O)Cn1cnc(CN)n1. The van der Waals surface area contributed by atoms with E-state index in [4.69, 9.17) is 5.73 Å². The van der Waals surface area contributed by atoms with Gasteiger partial charge in [0.05, 0.1) is 6.54 Å². The molecule has 1 aromatic rings. The van der Waals surface area contributed by atoms with Gasteiger partial charge in [-0.15, -0.1) is 0 Å². The van der Waals surface area contributed by atoms with Gasteiger partial charge in [-0.1, -0.05) is 0 Å². The number of nitrogens with two attached hydrogens (primary N) is 1. The van der Waals surface area contributed by atoms with Crippen LogP contribution in [-0.2, 0) is 17.9 Å². The van der Waals surface area contributed by atoms with Gasteiger partial charge in [-0.25, -0.2) is 9.67 Å². The molecule has 0 spiro atoms. The molecule has 6 heteroatoms. The van der Waals surface area contributed by atoms with E-state index in [0.717, 1.165) is 0 Å². The second-order valence-electron chi connectivity index (χ2n) is 3.66. The van der Waals surface area contributed by atoms with Crippen LogP contribution in [0.4, 0.5) is 0 Å². The Balaban J connectivity index is 2.58. The molecule has 1 aromatic heterocycles. The highest BCUT2D eigenvalue weighted by atomic mass is 16.2. The third-order valence-electron chi connectivity index (χ3n) is 2.23. The summed E-state index contributed by atoms with van der Waals surface area (Å²) >= 11 is 0. The lowest BCUT2D eigenvalue weighted by atomic mass is 10.3. The van der Waals surface area contributed by atoms with Gasteiger partial charge < -0.3 is 10.6 Å². The Morgan fingerprint density at radius 2 is 2.33 bits per heavy atom. The van der Waals surface area contributed by atoms with E-state index in [9.17, 15) is 4.79 Å². The maximum atomic E-state index is 11.7. The molecule has 0 fully saturated rings. The van der Waals surface area contributed by atoms with Gasteiger partial charge in [0.1, 0.15) is 12.9 Å². The van der Waals surface area contributed by atoms with Crippen LogP contribution in [0.2, 0.25) is 0 Å². The van der Waals surface area contributed by atoms with Crippen LogP contribution in [0.25, 0.3) is 0 Å². The summed E-state index contributed by atoms with van der Waals surface area (Å²) in [6.07, 6.45) is 1.52. The third-order valence-corrected chi connectivity index (χ3v) is 2.23. The smallest absolute Gasteiger partial charge is 0.244 e. The molecule has 6 nitrogen and oxygen atoms in total. The van der Waals surface area contributed by atoms with Crippen LogP contribution in [-0.4, -0.2) is 38.7 Å². The molecule has 15 heavy (non-hydrogen) atoms. The topological polar surface area (TPSA) is 77.0 Å². The Kier molecular flexibility index (Phi) is 3.79. The zero-order valence-corrected chi connectivity index (χ0v) is 9.34. The third kappa shape index (κ3) is 3.02. The van der Waals surface area contributed by atoms with Gasteiger partial charge in [0.25, 0.3) is 0 Å². The van der Waals surface area contributed by atoms with Crippen molar-refractivity contribution < 1.29 is 4.79 Å². The fraction of sp³-hybridized carbons (Fsp3) is 0.667. The van der Waals surface area contributed by atoms with Crippen molar-refractivity contribution >= 4 is 5.91 Å². The summed E-state index contributed by atoms with van der Waals surface area (Å²) in [4.78, 5) is 17.3. The predicted molar refractivity (Wildman–Crippen MR) is 55.8 cm³/mol. The normalized spacial score (nSPS) is 10.7. The van der Waals surface area contributed by atoms with Gasteiger partial charge >= 0.3 is 0 Å². The average Bonchev–Trinajstić information content (AvgIpc) is 2.64. The minimum Gasteiger partial charge on any atom is -0.342 e. The van der Waals surface area contributed by atoms with Crippen LogP contribution in [0.1, 0.15) is 19.7 Å². The molecule has 0 radical (unpaired) electrons. The van der Waals surface area contributed by atoms with Crippen LogP contribution in [0.5, 0.6) is 0 Å². The molecule has 0 aliphatic rings. The standard InChI is InChI=1S/C9H17N5O/c1-7(2)13(3)9(15)5-14-6-11-8(4-10)12-14/h6-7H,4-5,10H2,1-3H3. The highest BCUT2D eigenvalue weighted by Crippen LogP contribution is 1.97. The summed E-state index contributed by atoms with van der Waals surface area (Å²) < 4.78 is 1.50. The molecular formula is C9H17N5O. The molecule has 0 atom stereocenters. The molecule has 2 N–H and O–H groups in total. The van der Waals surface area contributed by atoms with Crippen molar-refractivity contribution in [1.82, 2.24) is 19.7 Å². The van der Waals surface area contributed by atoms with E-state index in [-0.39, 0.29) is 18.5 Å². The van der Waals surface area contributed by atoms with Gasteiger partial charge in [0.2, 0.25) is 5.91 Å². The molecule has 1 heterocycles. The highest BCUT2D eigenvalue weighted by molar-refractivity contribution is 5.75. The molecule has 0 aromatic carbocycles. The lowest BCUT2D eigenvalue weighted by molar-refractivity contribution is -0.132. The maximum Gasteiger partial charge on any atom is 0.244 e. The van der Waals surface area contributed by atoms with Gasteiger partial charge in [0, 0.05) is 13.1 Å². The van der Waals surface area contributed by atoms with E-state index < -0.39 is 0 Å². The lowest BCUT2D eigenvalue weighted by Crippen LogP contribution is -2.35. The molecule has 0 aliphatic heterocycles. The van der Waals surface area contributed by atoms with Crippen molar-refractivity contribution in [2.24, 2.45) is 5.73 Å². The summed E-state index contributed by atoms with van der Waals surface area (Å²) in [5.74, 6) is 0.563. The maximum absolute atomic E-state index is 11.7. The van der Waals surface area contributed by atoms with E-state index in [2.05, 4.69) is 10.1 Å². The van der Waals surface area contributed by atoms with Crippen molar-refractivity contribution in [3.63, 3.8) is 0 Å². The summed E-state index contributed by atoms with van der Waals surface area (Å²) in [5.41, 5.74) is 5.37. The molecule has 0 unspecified atom stereocenters. The molecule has 0 aliphatic carbocycles. The van der Waals surface area contributed by atoms with Crippen LogP contribution in [0.15, 0.2) is 6.33 Å². The van der Waals surface area contributed by atoms with Gasteiger partial charge in [0.15, 0.2) is 5.82 Å². The van der Waals surface area contributed by atoms with Crippen molar-refractivity contribution in [2.75, 3.05) is 7.05 Å². The second kappa shape index (κ2) is 4.88. The van der Waals surface area contributed by atoms with Gasteiger partial charge in [-0.3, -0.25) is 4.79 Å². The van der Waals surface area contributed by atoms with Gasteiger partial charge in [-0.05, 0) is 13.8 Å². The number of carbonyl (C=O) groups is 1. The Morgan fingerprint density at radius 3 is 2.80 bits per heavy atom. The first-order chi connectivity index (χ1) is 7.04. The summed E-state index contributed by atoms with van der Waals surface area (Å²) in [7, 11) is 1.77. The first kappa shape index (κ1) is 11.6. The highest BCUT2D eigenvalue weighted by Gasteiger charge is 2.12. The molecule has 0 bridgehead atoms. The number of aromatic nitrogens is 3. The van der Waals surface area contributed by atoms with Crippen LogP contribution >= 0.6 is 0 Å². The van der Waals surface area contributed by atoms with E-state index >= 15 is 0 Å². The first-order valence-electron chi connectivity index (χ1n) is 4.88. The Hall–Kier alpha value is -1.43. The second-order valence-corrected chi connectivity index (χ2v) is 3.66. The van der Waals surface area contributed by atoms with Crippen molar-refractivity contribution in [3.8, 4) is 0 Å². The number of nitrogens with zero attached hydrogens (tertiary/aromatic N) is 4.